The third-order valence-electron chi connectivity index (χ3n) is 13.9. The van der Waals surface area contributed by atoms with E-state index in [-0.39, 0.29) is 48.7 Å². The highest BCUT2D eigenvalue weighted by atomic mass is 16.7. The van der Waals surface area contributed by atoms with Crippen LogP contribution in [0.15, 0.2) is 78.4 Å². The monoisotopic (exact) mass is 908 g/mol. The Morgan fingerprint density at radius 1 is 0.866 bits per heavy atom. The average Bonchev–Trinajstić information content (AvgIpc) is 3.69. The number of hydrogen-bond acceptors (Lipinski definition) is 12. The standard InChI is InChI=1S/C50H52N8O9/c1-62-37-14-13-29(22-40(37)63-2)43-33-8-3-4-9-34(33)48(59)58(56-43)31-17-19-57(20-18-31)49(60)36(21-30-23-51-35-10-6-5-7-32(30)35)55-50(61)67-41-24-52-46-44(41)53-26-54-45(46)42-38(64-25-28-11-12-28)15-16-39-47(42)66-27-65-39/h5-7,10,13-16,22-24,26,28,31,33-34,36,51-52H,3-4,8-9,11-12,17-21,25,27H2,1-2H3,(H,55,61)/t33-,34+,36-/m0/s1. The number of hydrazone groups is 1. The summed E-state index contributed by atoms with van der Waals surface area (Å²) < 4.78 is 35.0. The fraction of sp³-hybridized carbons (Fsp3) is 0.400. The maximum Gasteiger partial charge on any atom is 0.413 e. The van der Waals surface area contributed by atoms with Gasteiger partial charge in [-0.05, 0) is 86.4 Å². The Morgan fingerprint density at radius 2 is 1.67 bits per heavy atom. The van der Waals surface area contributed by atoms with Crippen molar-refractivity contribution in [3.63, 3.8) is 0 Å². The molecule has 17 heteroatoms. The van der Waals surface area contributed by atoms with Gasteiger partial charge in [0.1, 0.15) is 29.3 Å². The topological polar surface area (TPSA) is 195 Å². The van der Waals surface area contributed by atoms with Gasteiger partial charge in [0.25, 0.3) is 0 Å². The summed E-state index contributed by atoms with van der Waals surface area (Å²) >= 11 is 0. The largest absolute Gasteiger partial charge is 0.493 e. The molecule has 2 saturated carbocycles. The summed E-state index contributed by atoms with van der Waals surface area (Å²) in [5.74, 6) is 3.24. The van der Waals surface area contributed by atoms with Crippen LogP contribution in [0.4, 0.5) is 4.79 Å². The minimum atomic E-state index is -0.983. The lowest BCUT2D eigenvalue weighted by atomic mass is 9.73. The molecule has 3 fully saturated rings. The maximum atomic E-state index is 14.7. The molecule has 3 aromatic carbocycles. The van der Waals surface area contributed by atoms with Gasteiger partial charge in [0.05, 0.1) is 43.7 Å². The van der Waals surface area contributed by atoms with Crippen LogP contribution in [-0.4, -0.2) is 106 Å². The molecule has 3 aromatic heterocycles. The normalized spacial score (nSPS) is 19.8. The predicted octanol–water partition coefficient (Wildman–Crippen LogP) is 7.38. The molecule has 0 bridgehead atoms. The number of amides is 3. The van der Waals surface area contributed by atoms with Crippen molar-refractivity contribution in [3.8, 4) is 45.8 Å². The second-order valence-electron chi connectivity index (χ2n) is 18.0. The van der Waals surface area contributed by atoms with Gasteiger partial charge in [-0.3, -0.25) is 9.59 Å². The lowest BCUT2D eigenvalue weighted by Gasteiger charge is -2.43. The van der Waals surface area contributed by atoms with Gasteiger partial charge in [-0.25, -0.2) is 19.8 Å². The molecule has 0 radical (unpaired) electrons. The molecule has 3 amide bonds. The van der Waals surface area contributed by atoms with Gasteiger partial charge in [0, 0.05) is 60.2 Å². The first-order valence-corrected chi connectivity index (χ1v) is 23.2. The quantitative estimate of drug-likeness (QED) is 0.105. The maximum absolute atomic E-state index is 14.7. The Labute approximate surface area is 386 Å². The molecular weight excluding hydrogens is 857 g/mol. The van der Waals surface area contributed by atoms with Crippen molar-refractivity contribution >= 4 is 45.6 Å². The minimum absolute atomic E-state index is 0.0189. The molecular formula is C50H52N8O9. The highest BCUT2D eigenvalue weighted by Crippen LogP contribution is 2.49. The molecule has 67 heavy (non-hydrogen) atoms. The molecule has 6 aromatic rings. The number of carbonyl (C=O) groups is 3. The van der Waals surface area contributed by atoms with Gasteiger partial charge in [-0.15, -0.1) is 0 Å². The fourth-order valence-electron chi connectivity index (χ4n) is 10.2. The predicted molar refractivity (Wildman–Crippen MR) is 247 cm³/mol. The summed E-state index contributed by atoms with van der Waals surface area (Å²) in [6.07, 6.45) is 11.2. The van der Waals surface area contributed by atoms with E-state index >= 15 is 0 Å². The van der Waals surface area contributed by atoms with Gasteiger partial charge in [-0.2, -0.15) is 5.10 Å². The number of nitrogens with zero attached hydrogens (tertiary/aromatic N) is 5. The molecule has 3 aliphatic heterocycles. The number of piperidine rings is 1. The Bertz CT molecular complexity index is 2900. The first-order chi connectivity index (χ1) is 32.8. The Hall–Kier alpha value is -7.30. The highest BCUT2D eigenvalue weighted by molar-refractivity contribution is 6.07. The van der Waals surface area contributed by atoms with Gasteiger partial charge < -0.3 is 48.6 Å². The van der Waals surface area contributed by atoms with Crippen LogP contribution in [0.2, 0.25) is 0 Å². The van der Waals surface area contributed by atoms with Crippen LogP contribution in [-0.2, 0) is 16.0 Å². The molecule has 3 N–H and O–H groups in total. The summed E-state index contributed by atoms with van der Waals surface area (Å²) in [6, 6.07) is 16.1. The number of para-hydroxylation sites is 1. The van der Waals surface area contributed by atoms with Gasteiger partial charge in [0.15, 0.2) is 28.7 Å². The van der Waals surface area contributed by atoms with Gasteiger partial charge >= 0.3 is 6.09 Å². The van der Waals surface area contributed by atoms with Gasteiger partial charge in [0.2, 0.25) is 18.6 Å². The fourth-order valence-corrected chi connectivity index (χ4v) is 10.2. The van der Waals surface area contributed by atoms with E-state index in [1.807, 2.05) is 60.8 Å². The summed E-state index contributed by atoms with van der Waals surface area (Å²) in [5.41, 5.74) is 5.55. The zero-order valence-corrected chi connectivity index (χ0v) is 37.4. The first kappa shape index (κ1) is 42.3. The molecule has 6 heterocycles. The van der Waals surface area contributed by atoms with Crippen molar-refractivity contribution in [1.29, 1.82) is 0 Å². The minimum Gasteiger partial charge on any atom is -0.493 e. The lowest BCUT2D eigenvalue weighted by Crippen LogP contribution is -2.56. The van der Waals surface area contributed by atoms with Crippen molar-refractivity contribution < 1.29 is 42.8 Å². The molecule has 0 unspecified atom stereocenters. The van der Waals surface area contributed by atoms with E-state index in [4.69, 9.17) is 33.5 Å². The molecule has 17 nitrogen and oxygen atoms in total. The molecule has 1 saturated heterocycles. The van der Waals surface area contributed by atoms with Crippen LogP contribution in [0.1, 0.15) is 62.5 Å². The molecule has 0 spiro atoms. The van der Waals surface area contributed by atoms with Crippen molar-refractivity contribution in [2.75, 3.05) is 40.7 Å². The number of nitrogens with one attached hydrogen (secondary N) is 3. The number of fused-ring (bicyclic) bond motifs is 4. The zero-order chi connectivity index (χ0) is 45.6. The summed E-state index contributed by atoms with van der Waals surface area (Å²) in [4.78, 5) is 60.3. The van der Waals surface area contributed by atoms with Crippen molar-refractivity contribution in [2.45, 2.75) is 69.9 Å². The Morgan fingerprint density at radius 3 is 2.49 bits per heavy atom. The first-order valence-electron chi connectivity index (χ1n) is 23.2. The van der Waals surface area contributed by atoms with Crippen molar-refractivity contribution in [2.24, 2.45) is 22.9 Å². The van der Waals surface area contributed by atoms with E-state index in [9.17, 15) is 14.4 Å². The van der Waals surface area contributed by atoms with Crippen LogP contribution in [0.3, 0.4) is 0 Å². The SMILES string of the molecule is COc1ccc(C2=NN(C3CCN(C(=O)[C@H](Cc4c[nH]c5ccccc45)NC(=O)Oc4c[nH]c5c(-c6c(OCC7CC7)ccc7c6OCO7)ncnc45)CC3)C(=O)[C@@H]3CCCC[C@H]23)cc1OC. The summed E-state index contributed by atoms with van der Waals surface area (Å²) in [5, 5.41) is 10.7. The van der Waals surface area contributed by atoms with Crippen LogP contribution in [0.25, 0.3) is 33.2 Å². The average molecular weight is 909 g/mol. The van der Waals surface area contributed by atoms with E-state index < -0.39 is 12.1 Å². The third kappa shape index (κ3) is 8.09. The lowest BCUT2D eigenvalue weighted by molar-refractivity contribution is -0.143. The van der Waals surface area contributed by atoms with E-state index in [0.29, 0.717) is 89.5 Å². The highest BCUT2D eigenvalue weighted by Gasteiger charge is 2.44. The number of ether oxygens (including phenoxy) is 6. The Balaban J connectivity index is 0.831. The molecule has 3 atom stereocenters. The molecule has 346 valence electrons. The number of aromatic amines is 2. The second-order valence-corrected chi connectivity index (χ2v) is 18.0. The van der Waals surface area contributed by atoms with Crippen molar-refractivity contribution in [3.05, 3.63) is 84.4 Å². The van der Waals surface area contributed by atoms with E-state index in [0.717, 1.165) is 66.3 Å². The number of benzene rings is 3. The summed E-state index contributed by atoms with van der Waals surface area (Å²) in [7, 11) is 3.22. The number of H-pyrrole nitrogens is 2. The molecule has 11 rings (SSSR count). The van der Waals surface area contributed by atoms with Crippen LogP contribution < -0.4 is 33.7 Å². The smallest absolute Gasteiger partial charge is 0.413 e. The van der Waals surface area contributed by atoms with Crippen LogP contribution in [0, 0.1) is 17.8 Å². The van der Waals surface area contributed by atoms with E-state index in [2.05, 4.69) is 25.3 Å². The van der Waals surface area contributed by atoms with E-state index in [1.165, 1.54) is 6.33 Å². The van der Waals surface area contributed by atoms with Crippen LogP contribution >= 0.6 is 0 Å². The molecule has 2 aliphatic carbocycles. The number of methoxy groups -OCH3 is 2. The number of carbonyl (C=O) groups excluding carboxylic acids is 3. The van der Waals surface area contributed by atoms with Crippen LogP contribution in [0.5, 0.6) is 34.5 Å². The Kier molecular flexibility index (Phi) is 11.3. The van der Waals surface area contributed by atoms with Gasteiger partial charge in [-0.1, -0.05) is 31.0 Å². The number of likely N-dealkylation sites (tertiary alicyclic amines) is 1. The van der Waals surface area contributed by atoms with E-state index in [1.54, 1.807) is 30.3 Å². The third-order valence-corrected chi connectivity index (χ3v) is 13.9. The summed E-state index contributed by atoms with van der Waals surface area (Å²) in [6.45, 7) is 1.38. The number of aromatic nitrogens is 4. The molecule has 5 aliphatic rings. The number of hydrogen-bond donors (Lipinski definition) is 3. The zero-order valence-electron chi connectivity index (χ0n) is 37.4. The number of rotatable bonds is 13. The van der Waals surface area contributed by atoms with Crippen molar-refractivity contribution in [1.82, 2.24) is 35.2 Å². The second kappa shape index (κ2) is 17.8.